The van der Waals surface area contributed by atoms with Gasteiger partial charge in [-0.3, -0.25) is 0 Å². The fourth-order valence-electron chi connectivity index (χ4n) is 2.42. The molecule has 14 heavy (non-hydrogen) atoms. The molecule has 72 valence electrons. The maximum absolute atomic E-state index is 5.94. The van der Waals surface area contributed by atoms with E-state index in [0.717, 1.165) is 12.8 Å². The average molecular weight is 186 g/mol. The number of H-pyrrole nitrogens is 1. The maximum Gasteiger partial charge on any atom is 0.0459 e. The van der Waals surface area contributed by atoms with Crippen LogP contribution >= 0.6 is 0 Å². The lowest BCUT2D eigenvalue weighted by Gasteiger charge is -2.00. The number of aromatic nitrogens is 1. The van der Waals surface area contributed by atoms with Gasteiger partial charge in [-0.1, -0.05) is 11.6 Å². The molecule has 3 rings (SSSR count). The molecular weight excluding hydrogens is 172 g/mol. The van der Waals surface area contributed by atoms with Gasteiger partial charge in [0.25, 0.3) is 0 Å². The topological polar surface area (TPSA) is 41.8 Å². The molecule has 1 aliphatic carbocycles. The van der Waals surface area contributed by atoms with Crippen molar-refractivity contribution in [2.75, 3.05) is 0 Å². The lowest BCUT2D eigenvalue weighted by molar-refractivity contribution is 0.716. The predicted molar refractivity (Wildman–Crippen MR) is 58.4 cm³/mol. The Labute approximate surface area is 83.1 Å². The normalized spacial score (nSPS) is 20.3. The van der Waals surface area contributed by atoms with E-state index in [0.29, 0.717) is 6.04 Å². The zero-order chi connectivity index (χ0) is 9.71. The van der Waals surface area contributed by atoms with Crippen LogP contribution in [-0.4, -0.2) is 11.0 Å². The van der Waals surface area contributed by atoms with Crippen LogP contribution in [0.5, 0.6) is 0 Å². The van der Waals surface area contributed by atoms with Crippen LogP contribution in [0.2, 0.25) is 0 Å². The minimum absolute atomic E-state index is 0.321. The van der Waals surface area contributed by atoms with Crippen molar-refractivity contribution in [3.05, 3.63) is 35.0 Å². The van der Waals surface area contributed by atoms with Crippen molar-refractivity contribution in [2.45, 2.75) is 25.8 Å². The van der Waals surface area contributed by atoms with Crippen molar-refractivity contribution < 1.29 is 0 Å². The average Bonchev–Trinajstić information content (AvgIpc) is 2.62. The molecule has 1 aliphatic rings. The van der Waals surface area contributed by atoms with Crippen molar-refractivity contribution in [2.24, 2.45) is 5.73 Å². The molecule has 0 bridgehead atoms. The number of aryl methyl sites for hydroxylation is 1. The molecule has 2 aromatic rings. The third kappa shape index (κ3) is 1.01. The Morgan fingerprint density at radius 1 is 1.36 bits per heavy atom. The lowest BCUT2D eigenvalue weighted by atomic mass is 10.1. The molecule has 0 radical (unpaired) electrons. The van der Waals surface area contributed by atoms with E-state index in [1.165, 1.54) is 27.7 Å². The summed E-state index contributed by atoms with van der Waals surface area (Å²) in [5, 5.41) is 1.37. The molecule has 0 spiro atoms. The molecule has 0 saturated carbocycles. The molecule has 1 heterocycles. The molecule has 2 heteroatoms. The number of nitrogens with one attached hydrogen (secondary N) is 1. The number of fused-ring (bicyclic) bond motifs is 3. The van der Waals surface area contributed by atoms with Crippen LogP contribution < -0.4 is 5.73 Å². The largest absolute Gasteiger partial charge is 0.358 e. The van der Waals surface area contributed by atoms with Gasteiger partial charge in [-0.15, -0.1) is 0 Å². The Morgan fingerprint density at radius 3 is 3.07 bits per heavy atom. The van der Waals surface area contributed by atoms with Gasteiger partial charge in [0.15, 0.2) is 0 Å². The summed E-state index contributed by atoms with van der Waals surface area (Å²) in [6.07, 6.45) is 2.03. The Kier molecular flexibility index (Phi) is 1.50. The zero-order valence-electron chi connectivity index (χ0n) is 8.30. The van der Waals surface area contributed by atoms with Gasteiger partial charge < -0.3 is 10.7 Å². The Bertz CT molecular complexity index is 496. The first-order valence-electron chi connectivity index (χ1n) is 5.09. The summed E-state index contributed by atoms with van der Waals surface area (Å²) in [7, 11) is 0. The molecule has 0 saturated heterocycles. The van der Waals surface area contributed by atoms with E-state index in [2.05, 4.69) is 30.1 Å². The van der Waals surface area contributed by atoms with Gasteiger partial charge in [0.05, 0.1) is 0 Å². The molecular formula is C12H14N2. The second kappa shape index (κ2) is 2.61. The molecule has 3 N–H and O–H groups in total. The second-order valence-corrected chi connectivity index (χ2v) is 4.30. The lowest BCUT2D eigenvalue weighted by Crippen LogP contribution is -2.19. The first-order chi connectivity index (χ1) is 6.74. The molecule has 0 fully saturated rings. The van der Waals surface area contributed by atoms with Gasteiger partial charge >= 0.3 is 0 Å². The van der Waals surface area contributed by atoms with Gasteiger partial charge in [0.2, 0.25) is 0 Å². The van der Waals surface area contributed by atoms with E-state index in [9.17, 15) is 0 Å². The number of aromatic amines is 1. The Balaban J connectivity index is 2.30. The van der Waals surface area contributed by atoms with Gasteiger partial charge in [-0.25, -0.2) is 0 Å². The fraction of sp³-hybridized carbons (Fsp3) is 0.333. The smallest absolute Gasteiger partial charge is 0.0459 e. The number of hydrogen-bond donors (Lipinski definition) is 2. The van der Waals surface area contributed by atoms with E-state index in [1.54, 1.807) is 0 Å². The third-order valence-electron chi connectivity index (χ3n) is 3.08. The summed E-state index contributed by atoms with van der Waals surface area (Å²) in [4.78, 5) is 3.45. The van der Waals surface area contributed by atoms with E-state index >= 15 is 0 Å². The molecule has 2 nitrogen and oxygen atoms in total. The van der Waals surface area contributed by atoms with Gasteiger partial charge in [-0.2, -0.15) is 0 Å². The zero-order valence-corrected chi connectivity index (χ0v) is 8.30. The van der Waals surface area contributed by atoms with Crippen LogP contribution in [0.1, 0.15) is 16.8 Å². The van der Waals surface area contributed by atoms with Crippen molar-refractivity contribution in [3.8, 4) is 0 Å². The van der Waals surface area contributed by atoms with E-state index < -0.39 is 0 Å². The predicted octanol–water partition coefficient (Wildman–Crippen LogP) is 1.90. The van der Waals surface area contributed by atoms with E-state index in [-0.39, 0.29) is 0 Å². The number of rotatable bonds is 0. The summed E-state index contributed by atoms with van der Waals surface area (Å²) in [5.74, 6) is 0. The van der Waals surface area contributed by atoms with Crippen LogP contribution in [0.4, 0.5) is 0 Å². The van der Waals surface area contributed by atoms with Crippen LogP contribution in [0, 0.1) is 6.92 Å². The maximum atomic E-state index is 5.94. The van der Waals surface area contributed by atoms with Crippen LogP contribution in [0.3, 0.4) is 0 Å². The summed E-state index contributed by atoms with van der Waals surface area (Å²) < 4.78 is 0. The van der Waals surface area contributed by atoms with Crippen molar-refractivity contribution in [3.63, 3.8) is 0 Å². The van der Waals surface area contributed by atoms with Gasteiger partial charge in [0.1, 0.15) is 0 Å². The monoisotopic (exact) mass is 186 g/mol. The van der Waals surface area contributed by atoms with Gasteiger partial charge in [-0.05, 0) is 31.0 Å². The molecule has 0 amide bonds. The molecule has 0 aliphatic heterocycles. The van der Waals surface area contributed by atoms with Crippen LogP contribution in [-0.2, 0) is 12.8 Å². The highest BCUT2D eigenvalue weighted by Crippen LogP contribution is 2.29. The summed E-state index contributed by atoms with van der Waals surface area (Å²) in [6, 6.07) is 6.88. The second-order valence-electron chi connectivity index (χ2n) is 4.30. The first-order valence-corrected chi connectivity index (χ1v) is 5.09. The summed E-state index contributed by atoms with van der Waals surface area (Å²) in [6.45, 7) is 2.13. The van der Waals surface area contributed by atoms with Crippen molar-refractivity contribution in [1.29, 1.82) is 0 Å². The van der Waals surface area contributed by atoms with Gasteiger partial charge in [0, 0.05) is 29.1 Å². The number of benzene rings is 1. The highest BCUT2D eigenvalue weighted by atomic mass is 14.8. The summed E-state index contributed by atoms with van der Waals surface area (Å²) in [5.41, 5.74) is 11.3. The number of hydrogen-bond acceptors (Lipinski definition) is 1. The minimum atomic E-state index is 0.321. The fourth-order valence-corrected chi connectivity index (χ4v) is 2.42. The van der Waals surface area contributed by atoms with Crippen molar-refractivity contribution in [1.82, 2.24) is 4.98 Å². The molecule has 1 unspecified atom stereocenters. The van der Waals surface area contributed by atoms with E-state index in [4.69, 9.17) is 5.73 Å². The quantitative estimate of drug-likeness (QED) is 0.648. The molecule has 1 aromatic carbocycles. The standard InChI is InChI=1S/C12H14N2/c1-7-2-3-11-9(4-7)10-5-8(13)6-12(10)14-11/h2-4,8,14H,5-6,13H2,1H3. The molecule has 1 aromatic heterocycles. The SMILES string of the molecule is Cc1ccc2[nH]c3c(c2c1)CC(N)C3. The van der Waals surface area contributed by atoms with Crippen LogP contribution in [0.15, 0.2) is 18.2 Å². The highest BCUT2D eigenvalue weighted by molar-refractivity contribution is 5.86. The first kappa shape index (κ1) is 8.06. The third-order valence-corrected chi connectivity index (χ3v) is 3.08. The summed E-state index contributed by atoms with van der Waals surface area (Å²) >= 11 is 0. The van der Waals surface area contributed by atoms with Crippen molar-refractivity contribution >= 4 is 10.9 Å². The molecule has 1 atom stereocenters. The minimum Gasteiger partial charge on any atom is -0.358 e. The Hall–Kier alpha value is -1.28. The highest BCUT2D eigenvalue weighted by Gasteiger charge is 2.22. The van der Waals surface area contributed by atoms with Crippen LogP contribution in [0.25, 0.3) is 10.9 Å². The van der Waals surface area contributed by atoms with E-state index in [1.807, 2.05) is 0 Å². The Morgan fingerprint density at radius 2 is 2.21 bits per heavy atom. The number of nitrogens with two attached hydrogens (primary N) is 1.